The zero-order valence-corrected chi connectivity index (χ0v) is 21.7. The van der Waals surface area contributed by atoms with Crippen molar-refractivity contribution >= 4 is 11.7 Å². The second kappa shape index (κ2) is 12.3. The second-order valence-electron chi connectivity index (χ2n) is 9.67. The van der Waals surface area contributed by atoms with E-state index in [9.17, 15) is 9.90 Å². The highest BCUT2D eigenvalue weighted by atomic mass is 16.5. The first-order chi connectivity index (χ1) is 17.5. The summed E-state index contributed by atoms with van der Waals surface area (Å²) in [5.74, 6) is 1.81. The second-order valence-corrected chi connectivity index (χ2v) is 9.67. The molecule has 0 bridgehead atoms. The number of rotatable bonds is 9. The molecule has 0 aromatic heterocycles. The maximum atomic E-state index is 12.0. The summed E-state index contributed by atoms with van der Waals surface area (Å²) in [6.45, 7) is 6.61. The molecule has 0 unspecified atom stereocenters. The van der Waals surface area contributed by atoms with Crippen molar-refractivity contribution in [1.82, 2.24) is 9.80 Å². The van der Waals surface area contributed by atoms with E-state index in [0.717, 1.165) is 75.7 Å². The number of nitrogens with zero attached hydrogens (tertiary/aromatic N) is 3. The van der Waals surface area contributed by atoms with Gasteiger partial charge < -0.3 is 24.2 Å². The third kappa shape index (κ3) is 6.23. The number of phenols is 1. The maximum absolute atomic E-state index is 12.0. The summed E-state index contributed by atoms with van der Waals surface area (Å²) in [4.78, 5) is 19.4. The number of hydrogen-bond donors (Lipinski definition) is 1. The van der Waals surface area contributed by atoms with E-state index in [4.69, 9.17) is 14.2 Å². The molecule has 8 nitrogen and oxygen atoms in total. The van der Waals surface area contributed by atoms with E-state index < -0.39 is 0 Å². The Morgan fingerprint density at radius 2 is 1.72 bits per heavy atom. The summed E-state index contributed by atoms with van der Waals surface area (Å²) in [6, 6.07) is 14.2. The average molecular weight is 498 g/mol. The molecule has 0 radical (unpaired) electrons. The van der Waals surface area contributed by atoms with E-state index in [1.165, 1.54) is 7.11 Å². The SMILES string of the molecule is COC(=O)CC[C@H]1CN(Cc2ccc(O)c(OC)c2)CC[C@H]1N1CCN(c2ccccc2OC)CC1. The molecule has 2 fully saturated rings. The van der Waals surface area contributed by atoms with Crippen LogP contribution in [0.15, 0.2) is 42.5 Å². The number of likely N-dealkylation sites (tertiary alicyclic amines) is 1. The Balaban J connectivity index is 1.40. The van der Waals surface area contributed by atoms with Crippen molar-refractivity contribution in [2.24, 2.45) is 5.92 Å². The summed E-state index contributed by atoms with van der Waals surface area (Å²) in [6.07, 6.45) is 2.33. The summed E-state index contributed by atoms with van der Waals surface area (Å²) >= 11 is 0. The van der Waals surface area contributed by atoms with Gasteiger partial charge in [0.1, 0.15) is 5.75 Å². The summed E-state index contributed by atoms with van der Waals surface area (Å²) in [5.41, 5.74) is 2.27. The third-order valence-corrected chi connectivity index (χ3v) is 7.58. The van der Waals surface area contributed by atoms with Crippen LogP contribution in [-0.4, -0.2) is 87.5 Å². The number of para-hydroxylation sites is 2. The molecule has 4 rings (SSSR count). The van der Waals surface area contributed by atoms with Gasteiger partial charge in [-0.1, -0.05) is 18.2 Å². The van der Waals surface area contributed by atoms with Crippen molar-refractivity contribution in [1.29, 1.82) is 0 Å². The lowest BCUT2D eigenvalue weighted by Gasteiger charge is -2.47. The number of carbonyl (C=O) groups is 1. The molecule has 0 amide bonds. The molecule has 2 aliphatic rings. The first-order valence-corrected chi connectivity index (χ1v) is 12.8. The highest BCUT2D eigenvalue weighted by molar-refractivity contribution is 5.69. The van der Waals surface area contributed by atoms with Crippen molar-refractivity contribution < 1.29 is 24.1 Å². The summed E-state index contributed by atoms with van der Waals surface area (Å²) in [7, 11) is 4.76. The van der Waals surface area contributed by atoms with E-state index in [1.807, 2.05) is 24.3 Å². The van der Waals surface area contributed by atoms with Gasteiger partial charge in [0.15, 0.2) is 11.5 Å². The topological polar surface area (TPSA) is 74.7 Å². The maximum Gasteiger partial charge on any atom is 0.305 e. The number of ether oxygens (including phenoxy) is 3. The number of aromatic hydroxyl groups is 1. The Morgan fingerprint density at radius 3 is 2.44 bits per heavy atom. The van der Waals surface area contributed by atoms with Gasteiger partial charge in [0.05, 0.1) is 27.0 Å². The van der Waals surface area contributed by atoms with E-state index in [2.05, 4.69) is 26.8 Å². The minimum Gasteiger partial charge on any atom is -0.504 e. The smallest absolute Gasteiger partial charge is 0.305 e. The molecule has 36 heavy (non-hydrogen) atoms. The zero-order valence-electron chi connectivity index (χ0n) is 21.7. The van der Waals surface area contributed by atoms with Gasteiger partial charge in [0, 0.05) is 51.7 Å². The van der Waals surface area contributed by atoms with Gasteiger partial charge in [-0.3, -0.25) is 14.6 Å². The molecule has 2 aromatic carbocycles. The van der Waals surface area contributed by atoms with Crippen LogP contribution >= 0.6 is 0 Å². The summed E-state index contributed by atoms with van der Waals surface area (Å²) in [5, 5.41) is 9.93. The molecular weight excluding hydrogens is 458 g/mol. The number of esters is 1. The number of methoxy groups -OCH3 is 3. The minimum absolute atomic E-state index is 0.143. The molecule has 1 N–H and O–H groups in total. The number of piperidine rings is 1. The molecule has 2 atom stereocenters. The highest BCUT2D eigenvalue weighted by Gasteiger charge is 2.35. The van der Waals surface area contributed by atoms with Crippen LogP contribution in [-0.2, 0) is 16.1 Å². The van der Waals surface area contributed by atoms with E-state index >= 15 is 0 Å². The Hall–Kier alpha value is -2.97. The number of piperazine rings is 1. The third-order valence-electron chi connectivity index (χ3n) is 7.58. The Bertz CT molecular complexity index is 1010. The van der Waals surface area contributed by atoms with Crippen molar-refractivity contribution in [3.8, 4) is 17.2 Å². The van der Waals surface area contributed by atoms with Crippen LogP contribution in [0.3, 0.4) is 0 Å². The predicted octanol–water partition coefficient (Wildman–Crippen LogP) is 3.38. The van der Waals surface area contributed by atoms with Crippen LogP contribution in [0.2, 0.25) is 0 Å². The van der Waals surface area contributed by atoms with E-state index in [0.29, 0.717) is 24.1 Å². The van der Waals surface area contributed by atoms with Crippen molar-refractivity contribution in [2.75, 3.05) is 65.5 Å². The quantitative estimate of drug-likeness (QED) is 0.529. The van der Waals surface area contributed by atoms with Gasteiger partial charge in [-0.15, -0.1) is 0 Å². The van der Waals surface area contributed by atoms with Crippen LogP contribution in [0, 0.1) is 5.92 Å². The standard InChI is InChI=1S/C28H39N3O5/c1-34-26-7-5-4-6-24(26)31-16-14-30(15-17-31)23-12-13-29(20-22(23)9-11-28(33)36-3)19-21-8-10-25(32)27(18-21)35-2/h4-8,10,18,22-23,32H,9,11-17,19-20H2,1-3H3/t22-,23+/m0/s1. The predicted molar refractivity (Wildman–Crippen MR) is 140 cm³/mol. The highest BCUT2D eigenvalue weighted by Crippen LogP contribution is 2.32. The monoisotopic (exact) mass is 497 g/mol. The van der Waals surface area contributed by atoms with Gasteiger partial charge in [-0.05, 0) is 55.1 Å². The van der Waals surface area contributed by atoms with Gasteiger partial charge >= 0.3 is 5.97 Å². The molecule has 2 aromatic rings. The lowest BCUT2D eigenvalue weighted by Crippen LogP contribution is -2.56. The zero-order chi connectivity index (χ0) is 25.5. The van der Waals surface area contributed by atoms with Crippen LogP contribution in [0.4, 0.5) is 5.69 Å². The van der Waals surface area contributed by atoms with Gasteiger partial charge in [0.25, 0.3) is 0 Å². The van der Waals surface area contributed by atoms with Crippen molar-refractivity contribution in [3.05, 3.63) is 48.0 Å². The number of anilines is 1. The van der Waals surface area contributed by atoms with Crippen molar-refractivity contribution in [2.45, 2.75) is 31.8 Å². The fourth-order valence-corrected chi connectivity index (χ4v) is 5.67. The molecular formula is C28H39N3O5. The van der Waals surface area contributed by atoms with Crippen LogP contribution in [0.1, 0.15) is 24.8 Å². The largest absolute Gasteiger partial charge is 0.504 e. The Morgan fingerprint density at radius 1 is 0.972 bits per heavy atom. The molecule has 0 aliphatic carbocycles. The normalized spacial score (nSPS) is 21.2. The summed E-state index contributed by atoms with van der Waals surface area (Å²) < 4.78 is 15.8. The van der Waals surface area contributed by atoms with Crippen LogP contribution < -0.4 is 14.4 Å². The Kier molecular flexibility index (Phi) is 8.93. The molecule has 196 valence electrons. The first kappa shape index (κ1) is 26.1. The molecule has 8 heteroatoms. The fraction of sp³-hybridized carbons (Fsp3) is 0.536. The molecule has 2 saturated heterocycles. The van der Waals surface area contributed by atoms with E-state index in [1.54, 1.807) is 20.3 Å². The number of hydrogen-bond acceptors (Lipinski definition) is 8. The van der Waals surface area contributed by atoms with Gasteiger partial charge in [-0.2, -0.15) is 0 Å². The number of benzene rings is 2. The lowest BCUT2D eigenvalue weighted by molar-refractivity contribution is -0.141. The molecule has 2 heterocycles. The number of carbonyl (C=O) groups excluding carboxylic acids is 1. The lowest BCUT2D eigenvalue weighted by atomic mass is 9.86. The molecule has 0 spiro atoms. The minimum atomic E-state index is -0.143. The van der Waals surface area contributed by atoms with Crippen LogP contribution in [0.5, 0.6) is 17.2 Å². The van der Waals surface area contributed by atoms with Gasteiger partial charge in [-0.25, -0.2) is 0 Å². The number of phenolic OH excluding ortho intramolecular Hbond substituents is 1. The fourth-order valence-electron chi connectivity index (χ4n) is 5.67. The molecule has 2 aliphatic heterocycles. The average Bonchev–Trinajstić information content (AvgIpc) is 2.93. The van der Waals surface area contributed by atoms with E-state index in [-0.39, 0.29) is 11.7 Å². The first-order valence-electron chi connectivity index (χ1n) is 12.8. The van der Waals surface area contributed by atoms with Crippen LogP contribution in [0.25, 0.3) is 0 Å². The Labute approximate surface area is 214 Å². The molecule has 0 saturated carbocycles. The van der Waals surface area contributed by atoms with Gasteiger partial charge in [0.2, 0.25) is 0 Å². The van der Waals surface area contributed by atoms with Crippen molar-refractivity contribution in [3.63, 3.8) is 0 Å².